The number of rotatable bonds is 9. The van der Waals surface area contributed by atoms with E-state index in [9.17, 15) is 13.2 Å². The number of carbonyl (C=O) groups is 1. The zero-order valence-corrected chi connectivity index (χ0v) is 20.1. The van der Waals surface area contributed by atoms with Crippen LogP contribution in [0.2, 0.25) is 0 Å². The van der Waals surface area contributed by atoms with E-state index in [1.165, 1.54) is 4.31 Å². The van der Waals surface area contributed by atoms with E-state index in [2.05, 4.69) is 21.2 Å². The molecule has 6 nitrogen and oxygen atoms in total. The number of amides is 1. The Balaban J connectivity index is 1.66. The lowest BCUT2D eigenvalue weighted by molar-refractivity contribution is -0.121. The first-order chi connectivity index (χ1) is 14.9. The molecule has 2 aromatic carbocycles. The zero-order valence-electron chi connectivity index (χ0n) is 17.7. The number of hydrogen-bond acceptors (Lipinski definition) is 4. The Morgan fingerprint density at radius 2 is 1.71 bits per heavy atom. The van der Waals surface area contributed by atoms with Gasteiger partial charge >= 0.3 is 0 Å². The van der Waals surface area contributed by atoms with Crippen LogP contribution in [0.4, 0.5) is 0 Å². The van der Waals surface area contributed by atoms with E-state index in [4.69, 9.17) is 4.74 Å². The van der Waals surface area contributed by atoms with Crippen LogP contribution in [0.1, 0.15) is 37.7 Å². The van der Waals surface area contributed by atoms with Crippen LogP contribution in [0.25, 0.3) is 0 Å². The number of carbonyl (C=O) groups excluding carboxylic acids is 1. The third-order valence-corrected chi connectivity index (χ3v) is 8.04. The summed E-state index contributed by atoms with van der Waals surface area (Å²) in [5, 5.41) is 2.88. The first-order valence-electron chi connectivity index (χ1n) is 10.6. The minimum absolute atomic E-state index is 0.144. The van der Waals surface area contributed by atoms with E-state index in [0.29, 0.717) is 13.0 Å². The molecule has 3 rings (SSSR count). The van der Waals surface area contributed by atoms with E-state index in [1.807, 2.05) is 24.3 Å². The molecule has 31 heavy (non-hydrogen) atoms. The maximum atomic E-state index is 13.4. The van der Waals surface area contributed by atoms with Gasteiger partial charge in [0.1, 0.15) is 5.75 Å². The van der Waals surface area contributed by atoms with Gasteiger partial charge in [-0.2, -0.15) is 4.31 Å². The summed E-state index contributed by atoms with van der Waals surface area (Å²) in [4.78, 5) is 12.9. The lowest BCUT2D eigenvalue weighted by Gasteiger charge is -2.33. The summed E-state index contributed by atoms with van der Waals surface area (Å²) in [5.74, 6) is 0.508. The minimum atomic E-state index is -3.76. The van der Waals surface area contributed by atoms with Gasteiger partial charge in [-0.05, 0) is 61.2 Å². The predicted octanol–water partition coefficient (Wildman–Crippen LogP) is 4.14. The highest BCUT2D eigenvalue weighted by atomic mass is 79.9. The van der Waals surface area contributed by atoms with Crippen LogP contribution in [0, 0.1) is 0 Å². The van der Waals surface area contributed by atoms with Crippen LogP contribution >= 0.6 is 15.9 Å². The van der Waals surface area contributed by atoms with E-state index in [0.717, 1.165) is 47.9 Å². The van der Waals surface area contributed by atoms with Gasteiger partial charge in [-0.15, -0.1) is 0 Å². The van der Waals surface area contributed by atoms with Crippen molar-refractivity contribution in [1.29, 1.82) is 0 Å². The fourth-order valence-corrected chi connectivity index (χ4v) is 5.76. The average molecular weight is 509 g/mol. The highest BCUT2D eigenvalue weighted by Gasteiger charge is 2.33. The van der Waals surface area contributed by atoms with Crippen LogP contribution < -0.4 is 10.1 Å². The summed E-state index contributed by atoms with van der Waals surface area (Å²) >= 11 is 3.34. The molecule has 2 aromatic rings. The second-order valence-corrected chi connectivity index (χ2v) is 10.6. The van der Waals surface area contributed by atoms with Crippen molar-refractivity contribution in [3.8, 4) is 5.75 Å². The number of halogens is 1. The Kier molecular flexibility index (Phi) is 8.51. The van der Waals surface area contributed by atoms with Crippen molar-refractivity contribution < 1.29 is 17.9 Å². The second-order valence-electron chi connectivity index (χ2n) is 7.74. The molecule has 1 amide bonds. The summed E-state index contributed by atoms with van der Waals surface area (Å²) in [6, 6.07) is 14.1. The topological polar surface area (TPSA) is 75.7 Å². The molecular formula is C23H29BrN2O4S. The molecule has 0 aromatic heterocycles. The predicted molar refractivity (Wildman–Crippen MR) is 125 cm³/mol. The van der Waals surface area contributed by atoms with Gasteiger partial charge in [0, 0.05) is 17.1 Å². The molecule has 1 fully saturated rings. The highest BCUT2D eigenvalue weighted by molar-refractivity contribution is 9.10. The van der Waals surface area contributed by atoms with Gasteiger partial charge in [-0.3, -0.25) is 4.79 Å². The summed E-state index contributed by atoms with van der Waals surface area (Å²) in [6.07, 6.45) is 5.31. The van der Waals surface area contributed by atoms with Gasteiger partial charge in [0.25, 0.3) is 0 Å². The molecule has 8 heteroatoms. The van der Waals surface area contributed by atoms with Gasteiger partial charge in [0.2, 0.25) is 15.9 Å². The number of sulfonamides is 1. The Morgan fingerprint density at radius 3 is 2.32 bits per heavy atom. The fraction of sp³-hybridized carbons (Fsp3) is 0.435. The van der Waals surface area contributed by atoms with Crippen molar-refractivity contribution >= 4 is 31.9 Å². The van der Waals surface area contributed by atoms with Crippen molar-refractivity contribution in [2.45, 2.75) is 49.5 Å². The fourth-order valence-electron chi connectivity index (χ4n) is 3.86. The van der Waals surface area contributed by atoms with Gasteiger partial charge in [0.15, 0.2) is 0 Å². The van der Waals surface area contributed by atoms with Crippen molar-refractivity contribution in [3.05, 3.63) is 58.6 Å². The number of nitrogens with one attached hydrogen (secondary N) is 1. The lowest BCUT2D eigenvalue weighted by atomic mass is 9.95. The van der Waals surface area contributed by atoms with Crippen LogP contribution in [0.3, 0.4) is 0 Å². The van der Waals surface area contributed by atoms with E-state index in [1.54, 1.807) is 31.4 Å². The Bertz CT molecular complexity index is 956. The van der Waals surface area contributed by atoms with Crippen LogP contribution in [0.5, 0.6) is 5.75 Å². The molecule has 0 saturated heterocycles. The van der Waals surface area contributed by atoms with Gasteiger partial charge in [-0.25, -0.2) is 8.42 Å². The third kappa shape index (κ3) is 6.54. The van der Waals surface area contributed by atoms with E-state index >= 15 is 0 Å². The molecular weight excluding hydrogens is 480 g/mol. The zero-order chi connectivity index (χ0) is 22.3. The van der Waals surface area contributed by atoms with Crippen molar-refractivity contribution in [3.63, 3.8) is 0 Å². The van der Waals surface area contributed by atoms with Gasteiger partial charge in [-0.1, -0.05) is 47.3 Å². The number of ether oxygens (including phenoxy) is 1. The summed E-state index contributed by atoms with van der Waals surface area (Å²) in [6.45, 7) is 0.285. The maximum Gasteiger partial charge on any atom is 0.243 e. The summed E-state index contributed by atoms with van der Waals surface area (Å²) < 4.78 is 34.1. The summed E-state index contributed by atoms with van der Waals surface area (Å²) in [7, 11) is -2.14. The number of methoxy groups -OCH3 is 1. The number of benzene rings is 2. The molecule has 0 atom stereocenters. The Morgan fingerprint density at radius 1 is 1.06 bits per heavy atom. The molecule has 0 aliphatic heterocycles. The molecule has 1 saturated carbocycles. The Hall–Kier alpha value is -1.90. The number of nitrogens with zero attached hydrogens (tertiary/aromatic N) is 1. The van der Waals surface area contributed by atoms with Crippen LogP contribution in [0.15, 0.2) is 57.9 Å². The van der Waals surface area contributed by atoms with Crippen LogP contribution in [-0.2, 0) is 21.2 Å². The monoisotopic (exact) mass is 508 g/mol. The molecule has 0 bridgehead atoms. The lowest BCUT2D eigenvalue weighted by Crippen LogP contribution is -2.47. The minimum Gasteiger partial charge on any atom is -0.497 e. The third-order valence-electron chi connectivity index (χ3n) is 5.60. The first kappa shape index (κ1) is 23.8. The molecule has 1 aliphatic carbocycles. The van der Waals surface area contributed by atoms with E-state index in [-0.39, 0.29) is 23.4 Å². The van der Waals surface area contributed by atoms with Crippen molar-refractivity contribution in [2.24, 2.45) is 0 Å². The SMILES string of the molecule is COc1ccc(CCNC(=O)CN(C2CCCCC2)S(=O)(=O)c2ccc(Br)cc2)cc1. The molecule has 0 spiro atoms. The largest absolute Gasteiger partial charge is 0.497 e. The quantitative estimate of drug-likeness (QED) is 0.552. The molecule has 0 heterocycles. The second kappa shape index (κ2) is 11.1. The molecule has 168 valence electrons. The van der Waals surface area contributed by atoms with Crippen molar-refractivity contribution in [1.82, 2.24) is 9.62 Å². The first-order valence-corrected chi connectivity index (χ1v) is 12.8. The van der Waals surface area contributed by atoms with E-state index < -0.39 is 10.0 Å². The summed E-state index contributed by atoms with van der Waals surface area (Å²) in [5.41, 5.74) is 1.08. The van der Waals surface area contributed by atoms with Crippen molar-refractivity contribution in [2.75, 3.05) is 20.2 Å². The number of hydrogen-bond donors (Lipinski definition) is 1. The van der Waals surface area contributed by atoms with Gasteiger partial charge in [0.05, 0.1) is 18.6 Å². The molecule has 1 N–H and O–H groups in total. The maximum absolute atomic E-state index is 13.4. The smallest absolute Gasteiger partial charge is 0.243 e. The van der Waals surface area contributed by atoms with Crippen LogP contribution in [-0.4, -0.2) is 44.9 Å². The van der Waals surface area contributed by atoms with Gasteiger partial charge < -0.3 is 10.1 Å². The molecule has 0 unspecified atom stereocenters. The molecule has 0 radical (unpaired) electrons. The average Bonchev–Trinajstić information content (AvgIpc) is 2.78. The molecule has 1 aliphatic rings. The standard InChI is InChI=1S/C23H29BrN2O4S/c1-30-21-11-7-18(8-12-21)15-16-25-23(27)17-26(20-5-3-2-4-6-20)31(28,29)22-13-9-19(24)10-14-22/h7-14,20H,2-6,15-17H2,1H3,(H,25,27). The Labute approximate surface area is 193 Å². The normalized spacial score (nSPS) is 15.1. The highest BCUT2D eigenvalue weighted by Crippen LogP contribution is 2.28.